The molecule has 1 aromatic carbocycles. The first-order chi connectivity index (χ1) is 11.3. The first kappa shape index (κ1) is 18.2. The summed E-state index contributed by atoms with van der Waals surface area (Å²) in [4.78, 5) is 11.6. The molecule has 0 aromatic heterocycles. The minimum Gasteiger partial charge on any atom is -0.497 e. The molecule has 0 unspecified atom stereocenters. The van der Waals surface area contributed by atoms with Gasteiger partial charge in [-0.1, -0.05) is 0 Å². The fourth-order valence-corrected chi connectivity index (χ4v) is 3.11. The summed E-state index contributed by atoms with van der Waals surface area (Å²) in [7, 11) is -0.593. The van der Waals surface area contributed by atoms with Crippen molar-refractivity contribution in [3.8, 4) is 11.5 Å². The van der Waals surface area contributed by atoms with E-state index in [1.54, 1.807) is 18.2 Å². The molecule has 0 aliphatic heterocycles. The quantitative estimate of drug-likeness (QED) is 0.721. The minimum atomic E-state index is -3.56. The van der Waals surface area contributed by atoms with Crippen LogP contribution in [-0.2, 0) is 10.0 Å². The van der Waals surface area contributed by atoms with Gasteiger partial charge in [-0.05, 0) is 25.0 Å². The minimum absolute atomic E-state index is 0.0838. The Morgan fingerprint density at radius 1 is 1.29 bits per heavy atom. The van der Waals surface area contributed by atoms with Crippen LogP contribution in [0.2, 0.25) is 0 Å². The van der Waals surface area contributed by atoms with Gasteiger partial charge >= 0.3 is 6.03 Å². The number of hydrogen-bond acceptors (Lipinski definition) is 5. The Balaban J connectivity index is 2.11. The first-order valence-corrected chi connectivity index (χ1v) is 9.44. The predicted molar refractivity (Wildman–Crippen MR) is 91.3 cm³/mol. The summed E-state index contributed by atoms with van der Waals surface area (Å²) in [5, 5.41) is 5.45. The SMILES string of the molecule is COc1ccc(OC)c(N(CCNC(=O)NC2CC2)S(C)(=O)=O)c1. The molecule has 2 rings (SSSR count). The van der Waals surface area contributed by atoms with Gasteiger partial charge in [0.15, 0.2) is 0 Å². The van der Waals surface area contributed by atoms with Gasteiger partial charge in [-0.15, -0.1) is 0 Å². The maximum atomic E-state index is 12.2. The van der Waals surface area contributed by atoms with Crippen molar-refractivity contribution < 1.29 is 22.7 Å². The Labute approximate surface area is 142 Å². The van der Waals surface area contributed by atoms with Crippen molar-refractivity contribution in [1.82, 2.24) is 10.6 Å². The molecule has 9 heteroatoms. The van der Waals surface area contributed by atoms with Crippen LogP contribution >= 0.6 is 0 Å². The number of carbonyl (C=O) groups excluding carboxylic acids is 1. The van der Waals surface area contributed by atoms with E-state index in [9.17, 15) is 13.2 Å². The van der Waals surface area contributed by atoms with Crippen LogP contribution in [0.15, 0.2) is 18.2 Å². The van der Waals surface area contributed by atoms with Crippen molar-refractivity contribution in [3.05, 3.63) is 18.2 Å². The van der Waals surface area contributed by atoms with Crippen LogP contribution in [0.4, 0.5) is 10.5 Å². The van der Waals surface area contributed by atoms with Gasteiger partial charge in [0.1, 0.15) is 11.5 Å². The Bertz CT molecular complexity index is 688. The highest BCUT2D eigenvalue weighted by Gasteiger charge is 2.24. The zero-order chi connectivity index (χ0) is 17.7. The molecule has 2 amide bonds. The van der Waals surface area contributed by atoms with E-state index in [0.717, 1.165) is 19.1 Å². The van der Waals surface area contributed by atoms with E-state index in [-0.39, 0.29) is 25.2 Å². The molecule has 1 aliphatic carbocycles. The molecule has 1 fully saturated rings. The smallest absolute Gasteiger partial charge is 0.315 e. The van der Waals surface area contributed by atoms with Gasteiger partial charge in [-0.25, -0.2) is 13.2 Å². The van der Waals surface area contributed by atoms with Gasteiger partial charge in [-0.3, -0.25) is 4.31 Å². The molecule has 24 heavy (non-hydrogen) atoms. The van der Waals surface area contributed by atoms with Crippen LogP contribution in [0, 0.1) is 0 Å². The maximum absolute atomic E-state index is 12.2. The van der Waals surface area contributed by atoms with E-state index in [4.69, 9.17) is 9.47 Å². The number of anilines is 1. The molecule has 0 saturated heterocycles. The van der Waals surface area contributed by atoms with Gasteiger partial charge in [0.2, 0.25) is 10.0 Å². The molecule has 0 radical (unpaired) electrons. The van der Waals surface area contributed by atoms with Crippen LogP contribution in [-0.4, -0.2) is 54.1 Å². The molecular weight excluding hydrogens is 334 g/mol. The molecule has 8 nitrogen and oxygen atoms in total. The highest BCUT2D eigenvalue weighted by molar-refractivity contribution is 7.92. The standard InChI is InChI=1S/C15H23N3O5S/c1-22-12-6-7-14(23-2)13(10-12)18(24(3,20)21)9-8-16-15(19)17-11-4-5-11/h6-7,10-11H,4-5,8-9H2,1-3H3,(H2,16,17,19). The normalized spacial score (nSPS) is 14.0. The molecule has 0 bridgehead atoms. The summed E-state index contributed by atoms with van der Waals surface area (Å²) in [6, 6.07) is 4.87. The summed E-state index contributed by atoms with van der Waals surface area (Å²) in [5.41, 5.74) is 0.365. The van der Waals surface area contributed by atoms with Gasteiger partial charge < -0.3 is 20.1 Å². The summed E-state index contributed by atoms with van der Waals surface area (Å²) in [5.74, 6) is 0.919. The highest BCUT2D eigenvalue weighted by atomic mass is 32.2. The molecule has 0 heterocycles. The lowest BCUT2D eigenvalue weighted by Crippen LogP contribution is -2.42. The molecule has 2 N–H and O–H groups in total. The molecule has 0 atom stereocenters. The topological polar surface area (TPSA) is 97.0 Å². The second kappa shape index (κ2) is 7.61. The molecule has 134 valence electrons. The molecule has 1 aromatic rings. The fraction of sp³-hybridized carbons (Fsp3) is 0.533. The Hall–Kier alpha value is -2.16. The number of rotatable bonds is 8. The third-order valence-electron chi connectivity index (χ3n) is 3.57. The first-order valence-electron chi connectivity index (χ1n) is 7.59. The number of nitrogens with one attached hydrogen (secondary N) is 2. The number of methoxy groups -OCH3 is 2. The second-order valence-corrected chi connectivity index (χ2v) is 7.45. The van der Waals surface area contributed by atoms with Gasteiger partial charge in [0.05, 0.1) is 32.7 Å². The lowest BCUT2D eigenvalue weighted by atomic mass is 10.2. The van der Waals surface area contributed by atoms with E-state index >= 15 is 0 Å². The summed E-state index contributed by atoms with van der Waals surface area (Å²) >= 11 is 0. The van der Waals surface area contributed by atoms with Gasteiger partial charge in [0.25, 0.3) is 0 Å². The molecule has 1 saturated carbocycles. The zero-order valence-corrected chi connectivity index (χ0v) is 14.9. The Morgan fingerprint density at radius 2 is 2.00 bits per heavy atom. The number of carbonyl (C=O) groups is 1. The van der Waals surface area contributed by atoms with E-state index in [2.05, 4.69) is 10.6 Å². The zero-order valence-electron chi connectivity index (χ0n) is 14.0. The number of benzene rings is 1. The second-order valence-electron chi connectivity index (χ2n) is 5.55. The van der Waals surface area contributed by atoms with Crippen LogP contribution in [0.25, 0.3) is 0 Å². The van der Waals surface area contributed by atoms with Crippen LogP contribution in [0.1, 0.15) is 12.8 Å². The van der Waals surface area contributed by atoms with E-state index in [1.165, 1.54) is 18.5 Å². The van der Waals surface area contributed by atoms with E-state index in [0.29, 0.717) is 17.2 Å². The number of nitrogens with zero attached hydrogens (tertiary/aromatic N) is 1. The van der Waals surface area contributed by atoms with Crippen molar-refractivity contribution >= 4 is 21.7 Å². The fourth-order valence-electron chi connectivity index (χ4n) is 2.19. The average molecular weight is 357 g/mol. The molecule has 1 aliphatic rings. The van der Waals surface area contributed by atoms with Crippen molar-refractivity contribution in [2.24, 2.45) is 0 Å². The highest BCUT2D eigenvalue weighted by Crippen LogP contribution is 2.33. The number of ether oxygens (including phenoxy) is 2. The van der Waals surface area contributed by atoms with Crippen LogP contribution < -0.4 is 24.4 Å². The van der Waals surface area contributed by atoms with E-state index in [1.807, 2.05) is 0 Å². The Kier molecular flexibility index (Phi) is 5.76. The molecular formula is C15H23N3O5S. The van der Waals surface area contributed by atoms with E-state index < -0.39 is 10.0 Å². The molecule has 0 spiro atoms. The number of amides is 2. The van der Waals surface area contributed by atoms with Crippen molar-refractivity contribution in [2.45, 2.75) is 18.9 Å². The van der Waals surface area contributed by atoms with Gasteiger partial charge in [0, 0.05) is 18.7 Å². The van der Waals surface area contributed by atoms with Crippen LogP contribution in [0.3, 0.4) is 0 Å². The van der Waals surface area contributed by atoms with Gasteiger partial charge in [-0.2, -0.15) is 0 Å². The van der Waals surface area contributed by atoms with Crippen molar-refractivity contribution in [2.75, 3.05) is 37.9 Å². The summed E-state index contributed by atoms with van der Waals surface area (Å²) in [6.45, 7) is 0.256. The predicted octanol–water partition coefficient (Wildman–Crippen LogP) is 0.931. The van der Waals surface area contributed by atoms with Crippen molar-refractivity contribution in [3.63, 3.8) is 0 Å². The number of hydrogen-bond donors (Lipinski definition) is 2. The lowest BCUT2D eigenvalue weighted by Gasteiger charge is -2.24. The summed E-state index contributed by atoms with van der Waals surface area (Å²) in [6.07, 6.45) is 3.09. The maximum Gasteiger partial charge on any atom is 0.315 e. The monoisotopic (exact) mass is 357 g/mol. The average Bonchev–Trinajstić information content (AvgIpc) is 3.33. The third-order valence-corrected chi connectivity index (χ3v) is 4.75. The Morgan fingerprint density at radius 3 is 2.54 bits per heavy atom. The number of sulfonamides is 1. The third kappa shape index (κ3) is 4.92. The summed E-state index contributed by atoms with van der Waals surface area (Å²) < 4.78 is 35.9. The van der Waals surface area contributed by atoms with Crippen molar-refractivity contribution in [1.29, 1.82) is 0 Å². The number of urea groups is 1. The largest absolute Gasteiger partial charge is 0.497 e. The lowest BCUT2D eigenvalue weighted by molar-refractivity contribution is 0.241. The van der Waals surface area contributed by atoms with Crippen LogP contribution in [0.5, 0.6) is 11.5 Å².